The number of hydrogen-bond acceptors (Lipinski definition) is 3. The summed E-state index contributed by atoms with van der Waals surface area (Å²) in [4.78, 5) is 13.9. The van der Waals surface area contributed by atoms with Crippen LogP contribution in [0.3, 0.4) is 0 Å². The molecule has 0 unspecified atom stereocenters. The number of carbonyl (C=O) groups is 1. The number of aromatic hydroxyl groups is 1. The molecule has 1 aromatic carbocycles. The SMILES string of the molecule is CSC1CCN(C(=O)c2ccc(F)cc2O)CC1. The lowest BCUT2D eigenvalue weighted by Gasteiger charge is -2.31. The van der Waals surface area contributed by atoms with Crippen molar-refractivity contribution in [1.82, 2.24) is 4.90 Å². The van der Waals surface area contributed by atoms with Gasteiger partial charge in [0, 0.05) is 24.4 Å². The predicted octanol–water partition coefficient (Wildman–Crippen LogP) is 2.50. The summed E-state index contributed by atoms with van der Waals surface area (Å²) >= 11 is 1.82. The zero-order chi connectivity index (χ0) is 13.1. The third-order valence-corrected chi connectivity index (χ3v) is 4.39. The van der Waals surface area contributed by atoms with Gasteiger partial charge in [-0.1, -0.05) is 0 Å². The number of nitrogens with zero attached hydrogens (tertiary/aromatic N) is 1. The first-order valence-corrected chi connectivity index (χ1v) is 7.21. The first-order valence-electron chi connectivity index (χ1n) is 5.92. The van der Waals surface area contributed by atoms with Crippen molar-refractivity contribution >= 4 is 17.7 Å². The van der Waals surface area contributed by atoms with Crippen LogP contribution in [0.15, 0.2) is 18.2 Å². The summed E-state index contributed by atoms with van der Waals surface area (Å²) < 4.78 is 12.9. The number of piperidine rings is 1. The standard InChI is InChI=1S/C13H16FNO2S/c1-18-10-4-6-15(7-5-10)13(17)11-3-2-9(14)8-12(11)16/h2-3,8,10,16H,4-7H2,1H3. The van der Waals surface area contributed by atoms with E-state index in [1.807, 2.05) is 11.8 Å². The van der Waals surface area contributed by atoms with Gasteiger partial charge >= 0.3 is 0 Å². The van der Waals surface area contributed by atoms with Gasteiger partial charge in [-0.3, -0.25) is 4.79 Å². The molecule has 1 aromatic rings. The Balaban J connectivity index is 2.08. The molecule has 0 saturated carbocycles. The van der Waals surface area contributed by atoms with Gasteiger partial charge in [0.15, 0.2) is 0 Å². The molecule has 1 amide bonds. The average Bonchev–Trinajstić information content (AvgIpc) is 2.38. The van der Waals surface area contributed by atoms with Crippen molar-refractivity contribution < 1.29 is 14.3 Å². The minimum atomic E-state index is -0.537. The highest BCUT2D eigenvalue weighted by Gasteiger charge is 2.24. The Morgan fingerprint density at radius 1 is 1.44 bits per heavy atom. The van der Waals surface area contributed by atoms with Gasteiger partial charge < -0.3 is 10.0 Å². The molecule has 0 spiro atoms. The van der Waals surface area contributed by atoms with Gasteiger partial charge in [-0.15, -0.1) is 0 Å². The maximum Gasteiger partial charge on any atom is 0.257 e. The Bertz CT molecular complexity index is 445. The van der Waals surface area contributed by atoms with Gasteiger partial charge in [0.25, 0.3) is 5.91 Å². The number of benzene rings is 1. The van der Waals surface area contributed by atoms with E-state index in [9.17, 15) is 14.3 Å². The van der Waals surface area contributed by atoms with E-state index in [0.29, 0.717) is 18.3 Å². The Hall–Kier alpha value is -1.23. The quantitative estimate of drug-likeness (QED) is 0.896. The van der Waals surface area contributed by atoms with Gasteiger partial charge in [-0.05, 0) is 31.2 Å². The first-order chi connectivity index (χ1) is 8.61. The second kappa shape index (κ2) is 5.61. The van der Waals surface area contributed by atoms with Crippen LogP contribution in [0.1, 0.15) is 23.2 Å². The van der Waals surface area contributed by atoms with Crippen LogP contribution in [0.4, 0.5) is 4.39 Å². The number of halogens is 1. The van der Waals surface area contributed by atoms with Crippen molar-refractivity contribution in [2.45, 2.75) is 18.1 Å². The first kappa shape index (κ1) is 13.2. The number of rotatable bonds is 2. The second-order valence-electron chi connectivity index (χ2n) is 4.39. The molecule has 5 heteroatoms. The van der Waals surface area contributed by atoms with Crippen molar-refractivity contribution in [3.63, 3.8) is 0 Å². The summed E-state index contributed by atoms with van der Waals surface area (Å²) in [5.41, 5.74) is 0.180. The molecule has 98 valence electrons. The van der Waals surface area contributed by atoms with E-state index < -0.39 is 5.82 Å². The van der Waals surface area contributed by atoms with Crippen LogP contribution >= 0.6 is 11.8 Å². The fourth-order valence-corrected chi connectivity index (χ4v) is 2.83. The lowest BCUT2D eigenvalue weighted by molar-refractivity contribution is 0.0724. The van der Waals surface area contributed by atoms with Crippen molar-refractivity contribution in [1.29, 1.82) is 0 Å². The van der Waals surface area contributed by atoms with Crippen LogP contribution in [-0.2, 0) is 0 Å². The van der Waals surface area contributed by atoms with Crippen LogP contribution in [0.2, 0.25) is 0 Å². The molecule has 3 nitrogen and oxygen atoms in total. The smallest absolute Gasteiger partial charge is 0.257 e. The fourth-order valence-electron chi connectivity index (χ4n) is 2.15. The lowest BCUT2D eigenvalue weighted by atomic mass is 10.1. The maximum absolute atomic E-state index is 12.9. The van der Waals surface area contributed by atoms with E-state index >= 15 is 0 Å². The minimum Gasteiger partial charge on any atom is -0.507 e. The molecular weight excluding hydrogens is 253 g/mol. The fraction of sp³-hybridized carbons (Fsp3) is 0.462. The molecule has 1 saturated heterocycles. The van der Waals surface area contributed by atoms with Crippen molar-refractivity contribution in [3.05, 3.63) is 29.6 Å². The van der Waals surface area contributed by atoms with Crippen LogP contribution in [-0.4, -0.2) is 40.5 Å². The predicted molar refractivity (Wildman–Crippen MR) is 70.5 cm³/mol. The summed E-state index contributed by atoms with van der Waals surface area (Å²) in [6, 6.07) is 3.51. The lowest BCUT2D eigenvalue weighted by Crippen LogP contribution is -2.39. The Kier molecular flexibility index (Phi) is 4.11. The summed E-state index contributed by atoms with van der Waals surface area (Å²) in [6.45, 7) is 1.39. The van der Waals surface area contributed by atoms with Crippen LogP contribution in [0, 0.1) is 5.82 Å². The maximum atomic E-state index is 12.9. The molecule has 1 fully saturated rings. The molecule has 0 aromatic heterocycles. The van der Waals surface area contributed by atoms with Crippen molar-refractivity contribution in [2.24, 2.45) is 0 Å². The molecule has 0 bridgehead atoms. The molecule has 1 aliphatic rings. The second-order valence-corrected chi connectivity index (χ2v) is 5.53. The largest absolute Gasteiger partial charge is 0.507 e. The Morgan fingerprint density at radius 2 is 2.11 bits per heavy atom. The highest BCUT2D eigenvalue weighted by molar-refractivity contribution is 7.99. The number of carbonyl (C=O) groups excluding carboxylic acids is 1. The van der Waals surface area contributed by atoms with Crippen LogP contribution < -0.4 is 0 Å². The van der Waals surface area contributed by atoms with E-state index in [1.54, 1.807) is 4.90 Å². The zero-order valence-electron chi connectivity index (χ0n) is 10.2. The minimum absolute atomic E-state index is 0.180. The van der Waals surface area contributed by atoms with E-state index in [0.717, 1.165) is 18.9 Å². The number of thioether (sulfide) groups is 1. The highest BCUT2D eigenvalue weighted by atomic mass is 32.2. The third kappa shape index (κ3) is 2.77. The number of phenolic OH excluding ortho intramolecular Hbond substituents is 1. The van der Waals surface area contributed by atoms with E-state index in [2.05, 4.69) is 6.26 Å². The molecule has 1 N–H and O–H groups in total. The number of amides is 1. The average molecular weight is 269 g/mol. The van der Waals surface area contributed by atoms with Gasteiger partial charge in [0.1, 0.15) is 11.6 Å². The molecule has 1 heterocycles. The molecular formula is C13H16FNO2S. The van der Waals surface area contributed by atoms with Gasteiger partial charge in [0.2, 0.25) is 0 Å². The normalized spacial score (nSPS) is 16.9. The van der Waals surface area contributed by atoms with Gasteiger partial charge in [0.05, 0.1) is 5.56 Å². The highest BCUT2D eigenvalue weighted by Crippen LogP contribution is 2.25. The van der Waals surface area contributed by atoms with Gasteiger partial charge in [-0.2, -0.15) is 11.8 Å². The van der Waals surface area contributed by atoms with Crippen molar-refractivity contribution in [3.8, 4) is 5.75 Å². The Labute approximate surface area is 110 Å². The summed E-state index contributed by atoms with van der Waals surface area (Å²) in [5, 5.41) is 10.2. The summed E-state index contributed by atoms with van der Waals surface area (Å²) in [5.74, 6) is -1.04. The molecule has 0 aliphatic carbocycles. The number of likely N-dealkylation sites (tertiary alicyclic amines) is 1. The summed E-state index contributed by atoms with van der Waals surface area (Å²) in [6.07, 6.45) is 4.01. The topological polar surface area (TPSA) is 40.5 Å². The van der Waals surface area contributed by atoms with E-state index in [1.165, 1.54) is 12.1 Å². The van der Waals surface area contributed by atoms with Crippen molar-refractivity contribution in [2.75, 3.05) is 19.3 Å². The Morgan fingerprint density at radius 3 is 2.67 bits per heavy atom. The van der Waals surface area contributed by atoms with E-state index in [4.69, 9.17) is 0 Å². The number of phenols is 1. The monoisotopic (exact) mass is 269 g/mol. The third-order valence-electron chi connectivity index (χ3n) is 3.25. The molecule has 2 rings (SSSR count). The molecule has 1 aliphatic heterocycles. The number of hydrogen-bond donors (Lipinski definition) is 1. The van der Waals surface area contributed by atoms with Crippen LogP contribution in [0.5, 0.6) is 5.75 Å². The summed E-state index contributed by atoms with van der Waals surface area (Å²) in [7, 11) is 0. The zero-order valence-corrected chi connectivity index (χ0v) is 11.0. The van der Waals surface area contributed by atoms with Gasteiger partial charge in [-0.25, -0.2) is 4.39 Å². The molecule has 0 radical (unpaired) electrons. The molecule has 18 heavy (non-hydrogen) atoms. The molecule has 0 atom stereocenters. The van der Waals surface area contributed by atoms with E-state index in [-0.39, 0.29) is 17.2 Å². The van der Waals surface area contributed by atoms with Crippen LogP contribution in [0.25, 0.3) is 0 Å².